The van der Waals surface area contributed by atoms with Crippen molar-refractivity contribution < 1.29 is 1.37 Å². The fourth-order valence-corrected chi connectivity index (χ4v) is 0. The van der Waals surface area contributed by atoms with Crippen molar-refractivity contribution in [2.45, 2.75) is 0 Å². The molecule has 0 fully saturated rings. The van der Waals surface area contributed by atoms with Crippen LogP contribution in [0.3, 0.4) is 0 Å². The van der Waals surface area contributed by atoms with Crippen LogP contribution in [0.5, 0.6) is 0 Å². The van der Waals surface area contributed by atoms with Gasteiger partial charge in [-0.2, -0.15) is 0 Å². The second kappa shape index (κ2) is 2.75. The first kappa shape index (κ1) is 3.71. The molecule has 4 heavy (non-hydrogen) atoms. The molecular weight excluding hydrogens is 277 g/mol. The Balaban J connectivity index is 2.54. The summed E-state index contributed by atoms with van der Waals surface area (Å²) in [6.45, 7) is 0. The number of hydrogen-bond acceptors (Lipinski definition) is 0. The van der Waals surface area contributed by atoms with Gasteiger partial charge < -0.3 is 0 Å². The number of halogens is 2. The van der Waals surface area contributed by atoms with Crippen LogP contribution in [0.25, 0.3) is 0 Å². The van der Waals surface area contributed by atoms with Gasteiger partial charge in [0, 0.05) is 0 Å². The van der Waals surface area contributed by atoms with Crippen LogP contribution in [-0.4, -0.2) is 10.6 Å². The molecule has 0 atom stereocenters. The number of hydrogen-bond donors (Lipinski definition) is 0. The van der Waals surface area contributed by atoms with E-state index < -0.39 is 15.6 Å². The number of alkyl halides is 1. The van der Waals surface area contributed by atoms with Crippen molar-refractivity contribution in [3.8, 4) is 0 Å². The molecule has 24 valence electrons. The van der Waals surface area contributed by atoms with Gasteiger partial charge in [0.25, 0.3) is 0 Å². The Labute approximate surface area is 45.8 Å². The van der Waals surface area contributed by atoms with Crippen molar-refractivity contribution >= 4 is 39.9 Å². The second-order valence-electron chi connectivity index (χ2n) is 0.338. The Morgan fingerprint density at radius 2 is 2.75 bits per heavy atom. The van der Waals surface area contributed by atoms with Gasteiger partial charge in [-0.25, -0.2) is 0 Å². The van der Waals surface area contributed by atoms with E-state index in [9.17, 15) is 0 Å². The van der Waals surface area contributed by atoms with E-state index in [-0.39, 0.29) is 0 Å². The maximum atomic E-state index is 6.59. The minimum absolute atomic E-state index is 0.477. The van der Waals surface area contributed by atoms with Gasteiger partial charge in [0.2, 0.25) is 0 Å². The molecule has 0 unspecified atom stereocenters. The topological polar surface area (TPSA) is 0 Å². The second-order valence-corrected chi connectivity index (χ2v) is 9.29. The Hall–Kier alpha value is 1.52. The molecule has 0 aromatic heterocycles. The molecular formula is CH3BI2. The molecule has 0 saturated heterocycles. The molecule has 0 aromatic rings. The van der Waals surface area contributed by atoms with Gasteiger partial charge >= 0.3 is 46.2 Å². The molecule has 2 radical (unpaired) electrons. The molecule has 0 nitrogen and oxygen atoms in total. The normalized spacial score (nSPS) is 14.2. The predicted molar refractivity (Wildman–Crippen MR) is 39.7 cm³/mol. The van der Waals surface area contributed by atoms with Gasteiger partial charge in [-0.05, 0) is 0 Å². The van der Waals surface area contributed by atoms with Gasteiger partial charge in [-0.1, -0.05) is 0 Å². The summed E-state index contributed by atoms with van der Waals surface area (Å²) in [5.74, 6) is 0. The molecule has 0 aliphatic heterocycles. The van der Waals surface area contributed by atoms with Crippen molar-refractivity contribution in [3.05, 3.63) is 0 Å². The molecule has 0 amide bonds. The van der Waals surface area contributed by atoms with Crippen LogP contribution < -0.4 is 0 Å². The molecule has 0 aromatic carbocycles. The van der Waals surface area contributed by atoms with Crippen LogP contribution in [0.2, 0.25) is 0 Å². The van der Waals surface area contributed by atoms with Gasteiger partial charge in [0.1, 0.15) is 0 Å². The molecule has 0 rings (SSSR count). The quantitative estimate of drug-likeness (QED) is 0.359. The van der Waals surface area contributed by atoms with E-state index in [0.29, 0.717) is 4.91 Å². The van der Waals surface area contributed by atoms with Crippen molar-refractivity contribution in [2.75, 3.05) is 4.91 Å². The molecule has 0 spiro atoms. The van der Waals surface area contributed by atoms with Gasteiger partial charge in [-0.3, -0.25) is 0 Å². The van der Waals surface area contributed by atoms with Crippen LogP contribution >= 0.6 is 34.2 Å². The van der Waals surface area contributed by atoms with E-state index in [0.717, 1.165) is 0 Å². The summed E-state index contributed by atoms with van der Waals surface area (Å²) in [5.41, 5.74) is 5.25. The zero-order valence-electron chi connectivity index (χ0n) is 3.04. The third-order valence-electron chi connectivity index (χ3n) is 0. The molecule has 3 heteroatoms. The SMILES string of the molecule is [2H]CI([B])I. The molecule has 0 saturated carbocycles. The van der Waals surface area contributed by atoms with Crippen molar-refractivity contribution in [1.82, 2.24) is 0 Å². The van der Waals surface area contributed by atoms with Crippen LogP contribution in [0.1, 0.15) is 1.37 Å². The zero-order valence-corrected chi connectivity index (χ0v) is 6.36. The predicted octanol–water partition coefficient (Wildman–Crippen LogP) is 1.56. The van der Waals surface area contributed by atoms with Crippen molar-refractivity contribution in [1.29, 1.82) is 0 Å². The van der Waals surface area contributed by atoms with E-state index in [2.05, 4.69) is 18.6 Å². The van der Waals surface area contributed by atoms with E-state index in [1.807, 2.05) is 0 Å². The van der Waals surface area contributed by atoms with Crippen LogP contribution in [0, 0.1) is 0 Å². The monoisotopic (exact) mass is 281 g/mol. The molecule has 0 aliphatic rings. The summed E-state index contributed by atoms with van der Waals surface area (Å²) in [6.07, 6.45) is 0. The van der Waals surface area contributed by atoms with E-state index in [1.165, 1.54) is 0 Å². The third-order valence-corrected chi connectivity index (χ3v) is 0. The first-order valence-corrected chi connectivity index (χ1v) is 9.69. The van der Waals surface area contributed by atoms with E-state index >= 15 is 0 Å². The molecule has 0 aliphatic carbocycles. The fraction of sp³-hybridized carbons (Fsp3) is 1.00. The van der Waals surface area contributed by atoms with Crippen LogP contribution in [0.4, 0.5) is 0 Å². The third kappa shape index (κ3) is 9.66. The standard InChI is InChI=1S/CH3BI2/c1-4(2)3/h1H3/i1D. The van der Waals surface area contributed by atoms with Gasteiger partial charge in [0.15, 0.2) is 0 Å². The Morgan fingerprint density at radius 3 is 2.75 bits per heavy atom. The maximum absolute atomic E-state index is 6.59. The Kier molecular flexibility index (Phi) is 2.54. The fourth-order valence-electron chi connectivity index (χ4n) is 0. The summed E-state index contributed by atoms with van der Waals surface area (Å²) >= 11 is 1.01. The van der Waals surface area contributed by atoms with Gasteiger partial charge in [0.05, 0.1) is 0 Å². The zero-order chi connectivity index (χ0) is 4.28. The molecule has 0 heterocycles. The van der Waals surface area contributed by atoms with E-state index in [4.69, 9.17) is 7.07 Å². The molecule has 0 N–H and O–H groups in total. The van der Waals surface area contributed by atoms with Crippen molar-refractivity contribution in [2.24, 2.45) is 0 Å². The Morgan fingerprint density at radius 1 is 2.50 bits per heavy atom. The van der Waals surface area contributed by atoms with E-state index in [1.54, 1.807) is 0 Å². The van der Waals surface area contributed by atoms with Gasteiger partial charge in [-0.15, -0.1) is 0 Å². The average molecular weight is 281 g/mol. The average Bonchev–Trinajstić information content (AvgIpc) is 1.38. The summed E-state index contributed by atoms with van der Waals surface area (Å²) < 4.78 is 6.59. The number of rotatable bonds is 0. The first-order chi connectivity index (χ1) is 2.27. The summed E-state index contributed by atoms with van der Waals surface area (Å²) in [5, 5.41) is 0. The minimum atomic E-state index is -1.15. The molecule has 0 bridgehead atoms. The summed E-state index contributed by atoms with van der Waals surface area (Å²) in [6, 6.07) is 0. The van der Waals surface area contributed by atoms with Crippen LogP contribution in [0.15, 0.2) is 0 Å². The van der Waals surface area contributed by atoms with Crippen molar-refractivity contribution in [3.63, 3.8) is 0 Å². The van der Waals surface area contributed by atoms with Crippen LogP contribution in [-0.2, 0) is 0 Å². The Bertz CT molecular complexity index is 23.6. The summed E-state index contributed by atoms with van der Waals surface area (Å²) in [7, 11) is 0. The first-order valence-electron chi connectivity index (χ1n) is 1.34. The summed E-state index contributed by atoms with van der Waals surface area (Å²) in [4.78, 5) is 0.477.